The monoisotopic (exact) mass is 315 g/mol. The van der Waals surface area contributed by atoms with Crippen LogP contribution in [-0.2, 0) is 11.0 Å². The summed E-state index contributed by atoms with van der Waals surface area (Å²) in [5.74, 6) is -0.504. The Morgan fingerprint density at radius 2 is 2.09 bits per heavy atom. The van der Waals surface area contributed by atoms with Crippen LogP contribution in [0.1, 0.15) is 43.2 Å². The number of aliphatic hydroxyl groups excluding tert-OH is 1. The van der Waals surface area contributed by atoms with Crippen LogP contribution < -0.4 is 5.32 Å². The first kappa shape index (κ1) is 16.8. The first-order valence-electron chi connectivity index (χ1n) is 7.30. The van der Waals surface area contributed by atoms with Crippen LogP contribution in [0.2, 0.25) is 0 Å². The van der Waals surface area contributed by atoms with Crippen molar-refractivity contribution < 1.29 is 23.1 Å². The number of carbonyl (C=O) groups is 1. The molecule has 0 radical (unpaired) electrons. The van der Waals surface area contributed by atoms with E-state index in [9.17, 15) is 23.1 Å². The molecule has 1 amide bonds. The van der Waals surface area contributed by atoms with Crippen molar-refractivity contribution in [1.29, 1.82) is 0 Å². The molecule has 2 rings (SSSR count). The summed E-state index contributed by atoms with van der Waals surface area (Å²) in [4.78, 5) is 11.9. The number of carbonyl (C=O) groups excluding carboxylic acids is 1. The third kappa shape index (κ3) is 4.22. The number of hydrogen-bond donors (Lipinski definition) is 2. The van der Waals surface area contributed by atoms with Crippen LogP contribution in [0.15, 0.2) is 24.3 Å². The van der Waals surface area contributed by atoms with Crippen LogP contribution in [-0.4, -0.2) is 24.2 Å². The van der Waals surface area contributed by atoms with Crippen LogP contribution in [0.4, 0.5) is 13.2 Å². The second-order valence-corrected chi connectivity index (χ2v) is 6.16. The summed E-state index contributed by atoms with van der Waals surface area (Å²) in [5, 5.41) is 11.9. The molecule has 3 nitrogen and oxygen atoms in total. The van der Waals surface area contributed by atoms with Gasteiger partial charge in [-0.15, -0.1) is 0 Å². The molecule has 0 spiro atoms. The topological polar surface area (TPSA) is 49.3 Å². The Morgan fingerprint density at radius 1 is 1.41 bits per heavy atom. The fraction of sp³-hybridized carbons (Fsp3) is 0.562. The Hall–Kier alpha value is -1.56. The van der Waals surface area contributed by atoms with E-state index in [1.54, 1.807) is 13.0 Å². The maximum absolute atomic E-state index is 12.7. The minimum atomic E-state index is -4.38. The second-order valence-electron chi connectivity index (χ2n) is 6.16. The predicted molar refractivity (Wildman–Crippen MR) is 76.2 cm³/mol. The van der Waals surface area contributed by atoms with Crippen molar-refractivity contribution in [2.75, 3.05) is 13.2 Å². The quantitative estimate of drug-likeness (QED) is 0.847. The molecule has 122 valence electrons. The summed E-state index contributed by atoms with van der Waals surface area (Å²) in [6, 6.07) is 5.07. The highest BCUT2D eigenvalue weighted by atomic mass is 19.4. The fourth-order valence-corrected chi connectivity index (χ4v) is 2.34. The largest absolute Gasteiger partial charge is 0.416 e. The van der Waals surface area contributed by atoms with Gasteiger partial charge in [-0.3, -0.25) is 4.79 Å². The number of amides is 1. The normalized spacial score (nSPS) is 17.9. The highest BCUT2D eigenvalue weighted by molar-refractivity contribution is 5.76. The van der Waals surface area contributed by atoms with Gasteiger partial charge in [-0.2, -0.15) is 13.2 Å². The van der Waals surface area contributed by atoms with Crippen molar-refractivity contribution in [1.82, 2.24) is 5.32 Å². The molecule has 1 aliphatic rings. The van der Waals surface area contributed by atoms with Crippen LogP contribution >= 0.6 is 0 Å². The lowest BCUT2D eigenvalue weighted by Gasteiger charge is -2.16. The van der Waals surface area contributed by atoms with Crippen LogP contribution in [0.3, 0.4) is 0 Å². The zero-order valence-electron chi connectivity index (χ0n) is 12.4. The zero-order valence-corrected chi connectivity index (χ0v) is 12.4. The van der Waals surface area contributed by atoms with Crippen LogP contribution in [0.5, 0.6) is 0 Å². The summed E-state index contributed by atoms with van der Waals surface area (Å²) in [6.45, 7) is 2.21. The molecule has 1 fully saturated rings. The van der Waals surface area contributed by atoms with Gasteiger partial charge < -0.3 is 10.4 Å². The second kappa shape index (κ2) is 6.28. The summed E-state index contributed by atoms with van der Waals surface area (Å²) in [7, 11) is 0. The Morgan fingerprint density at radius 3 is 2.64 bits per heavy atom. The summed E-state index contributed by atoms with van der Waals surface area (Å²) >= 11 is 0. The van der Waals surface area contributed by atoms with Gasteiger partial charge in [-0.25, -0.2) is 0 Å². The Balaban J connectivity index is 1.91. The van der Waals surface area contributed by atoms with Crippen molar-refractivity contribution in [3.05, 3.63) is 35.4 Å². The van der Waals surface area contributed by atoms with E-state index in [0.717, 1.165) is 25.0 Å². The van der Waals surface area contributed by atoms with Gasteiger partial charge in [0, 0.05) is 18.4 Å². The van der Waals surface area contributed by atoms with Gasteiger partial charge in [0.05, 0.1) is 12.2 Å². The maximum atomic E-state index is 12.7. The highest BCUT2D eigenvalue weighted by Gasteiger charge is 2.42. The van der Waals surface area contributed by atoms with Crippen molar-refractivity contribution in [2.45, 2.75) is 38.3 Å². The molecule has 0 bridgehead atoms. The van der Waals surface area contributed by atoms with Crippen molar-refractivity contribution in [3.8, 4) is 0 Å². The molecule has 1 atom stereocenters. The smallest absolute Gasteiger partial charge is 0.396 e. The summed E-state index contributed by atoms with van der Waals surface area (Å²) in [5.41, 5.74) is -0.377. The van der Waals surface area contributed by atoms with Crippen molar-refractivity contribution in [2.24, 2.45) is 5.41 Å². The molecule has 0 saturated heterocycles. The fourth-order valence-electron chi connectivity index (χ4n) is 2.34. The number of aliphatic hydroxyl groups is 1. The van der Waals surface area contributed by atoms with E-state index < -0.39 is 11.7 Å². The average Bonchev–Trinajstić information content (AvgIpc) is 3.25. The Labute approximate surface area is 127 Å². The molecule has 1 unspecified atom stereocenters. The molecule has 6 heteroatoms. The first-order chi connectivity index (χ1) is 10.3. The summed E-state index contributed by atoms with van der Waals surface area (Å²) in [6.07, 6.45) is -2.46. The lowest BCUT2D eigenvalue weighted by atomic mass is 9.95. The zero-order chi connectivity index (χ0) is 16.4. The standard InChI is InChI=1S/C16H20F3NO2/c1-11(7-14(22)20-9-15(10-21)5-6-15)12-3-2-4-13(8-12)16(17,18)19/h2-4,8,11,21H,5-7,9-10H2,1H3,(H,20,22). The molecule has 1 aromatic rings. The van der Waals surface area contributed by atoms with E-state index in [0.29, 0.717) is 12.1 Å². The molecule has 2 N–H and O–H groups in total. The van der Waals surface area contributed by atoms with Crippen LogP contribution in [0, 0.1) is 5.41 Å². The van der Waals surface area contributed by atoms with E-state index in [2.05, 4.69) is 5.32 Å². The number of rotatable bonds is 6. The van der Waals surface area contributed by atoms with Gasteiger partial charge in [0.1, 0.15) is 0 Å². The number of benzene rings is 1. The third-order valence-corrected chi connectivity index (χ3v) is 4.23. The van der Waals surface area contributed by atoms with Gasteiger partial charge in [-0.1, -0.05) is 25.1 Å². The van der Waals surface area contributed by atoms with Crippen molar-refractivity contribution in [3.63, 3.8) is 0 Å². The molecule has 1 aliphatic carbocycles. The van der Waals surface area contributed by atoms with E-state index in [1.807, 2.05) is 0 Å². The minimum Gasteiger partial charge on any atom is -0.396 e. The lowest BCUT2D eigenvalue weighted by Crippen LogP contribution is -2.32. The molecule has 1 aromatic carbocycles. The van der Waals surface area contributed by atoms with E-state index in [1.165, 1.54) is 6.07 Å². The van der Waals surface area contributed by atoms with Gasteiger partial charge >= 0.3 is 6.18 Å². The minimum absolute atomic E-state index is 0.0520. The predicted octanol–water partition coefficient (Wildman–Crippen LogP) is 3.09. The van der Waals surface area contributed by atoms with E-state index in [-0.39, 0.29) is 30.3 Å². The molecule has 1 saturated carbocycles. The number of nitrogens with one attached hydrogen (secondary N) is 1. The number of alkyl halides is 3. The molecular weight excluding hydrogens is 295 g/mol. The summed E-state index contributed by atoms with van der Waals surface area (Å²) < 4.78 is 38.1. The Kier molecular flexibility index (Phi) is 4.80. The maximum Gasteiger partial charge on any atom is 0.416 e. The van der Waals surface area contributed by atoms with Crippen LogP contribution in [0.25, 0.3) is 0 Å². The SMILES string of the molecule is CC(CC(=O)NCC1(CO)CC1)c1cccc(C(F)(F)F)c1. The molecule has 0 aromatic heterocycles. The van der Waals surface area contributed by atoms with Crippen molar-refractivity contribution >= 4 is 5.91 Å². The lowest BCUT2D eigenvalue weighted by molar-refractivity contribution is -0.137. The highest BCUT2D eigenvalue weighted by Crippen LogP contribution is 2.44. The number of halogens is 3. The van der Waals surface area contributed by atoms with Gasteiger partial charge in [0.15, 0.2) is 0 Å². The number of hydrogen-bond acceptors (Lipinski definition) is 2. The molecular formula is C16H20F3NO2. The third-order valence-electron chi connectivity index (χ3n) is 4.23. The molecule has 22 heavy (non-hydrogen) atoms. The van der Waals surface area contributed by atoms with E-state index >= 15 is 0 Å². The van der Waals surface area contributed by atoms with Gasteiger partial charge in [0.25, 0.3) is 0 Å². The van der Waals surface area contributed by atoms with E-state index in [4.69, 9.17) is 0 Å². The Bertz CT molecular complexity index is 538. The van der Waals surface area contributed by atoms with Gasteiger partial charge in [-0.05, 0) is 30.4 Å². The molecule has 0 aliphatic heterocycles. The average molecular weight is 315 g/mol. The first-order valence-corrected chi connectivity index (χ1v) is 7.30. The molecule has 0 heterocycles. The van der Waals surface area contributed by atoms with Gasteiger partial charge in [0.2, 0.25) is 5.91 Å².